The molecule has 0 aliphatic heterocycles. The Morgan fingerprint density at radius 1 is 1.56 bits per heavy atom. The van der Waals surface area contributed by atoms with E-state index in [9.17, 15) is 4.79 Å². The van der Waals surface area contributed by atoms with Gasteiger partial charge >= 0.3 is 0 Å². The highest BCUT2D eigenvalue weighted by molar-refractivity contribution is 5.81. The molecule has 0 fully saturated rings. The van der Waals surface area contributed by atoms with Crippen molar-refractivity contribution in [2.24, 2.45) is 5.41 Å². The summed E-state index contributed by atoms with van der Waals surface area (Å²) in [6, 6.07) is 0. The van der Waals surface area contributed by atoms with Gasteiger partial charge in [-0.1, -0.05) is 20.8 Å². The summed E-state index contributed by atoms with van der Waals surface area (Å²) in [6.45, 7) is 6.62. The number of hydrogen-bond acceptors (Lipinski definition) is 3. The van der Waals surface area contributed by atoms with Gasteiger partial charge in [-0.3, -0.25) is 9.89 Å². The maximum atomic E-state index is 11.7. The Morgan fingerprint density at radius 3 is 2.88 bits per heavy atom. The van der Waals surface area contributed by atoms with E-state index in [0.717, 1.165) is 25.1 Å². The van der Waals surface area contributed by atoms with Gasteiger partial charge in [-0.15, -0.1) is 0 Å². The standard InChI is InChI=1S/C11H20N4O/c1-4-11(2,3)10(16)12-7-5-6-9-13-8-14-15-9/h8H,4-7H2,1-3H3,(H,12,16)(H,13,14,15). The normalized spacial score (nSPS) is 11.4. The van der Waals surface area contributed by atoms with Gasteiger partial charge in [0.05, 0.1) is 0 Å². The smallest absolute Gasteiger partial charge is 0.225 e. The molecule has 5 nitrogen and oxygen atoms in total. The number of hydrogen-bond donors (Lipinski definition) is 2. The zero-order chi connectivity index (χ0) is 12.0. The molecule has 16 heavy (non-hydrogen) atoms. The average molecular weight is 224 g/mol. The summed E-state index contributed by atoms with van der Waals surface area (Å²) in [7, 11) is 0. The summed E-state index contributed by atoms with van der Waals surface area (Å²) < 4.78 is 0. The van der Waals surface area contributed by atoms with Crippen molar-refractivity contribution in [2.75, 3.05) is 6.54 Å². The fourth-order valence-electron chi connectivity index (χ4n) is 1.21. The highest BCUT2D eigenvalue weighted by Gasteiger charge is 2.24. The summed E-state index contributed by atoms with van der Waals surface area (Å²) in [6.07, 6.45) is 4.03. The van der Waals surface area contributed by atoms with Crippen LogP contribution < -0.4 is 5.32 Å². The molecule has 1 heterocycles. The molecule has 1 aromatic heterocycles. The summed E-state index contributed by atoms with van der Waals surface area (Å²) in [5.74, 6) is 0.983. The first-order valence-electron chi connectivity index (χ1n) is 5.69. The van der Waals surface area contributed by atoms with E-state index in [-0.39, 0.29) is 11.3 Å². The van der Waals surface area contributed by atoms with Crippen LogP contribution in [0.1, 0.15) is 39.4 Å². The van der Waals surface area contributed by atoms with Crippen LogP contribution in [0.25, 0.3) is 0 Å². The van der Waals surface area contributed by atoms with Crippen molar-refractivity contribution in [1.29, 1.82) is 0 Å². The lowest BCUT2D eigenvalue weighted by molar-refractivity contribution is -0.129. The van der Waals surface area contributed by atoms with Crippen LogP contribution >= 0.6 is 0 Å². The number of nitrogens with one attached hydrogen (secondary N) is 2. The van der Waals surface area contributed by atoms with E-state index in [1.807, 2.05) is 20.8 Å². The lowest BCUT2D eigenvalue weighted by Gasteiger charge is -2.21. The summed E-state index contributed by atoms with van der Waals surface area (Å²) in [5.41, 5.74) is -0.272. The molecule has 1 aromatic rings. The third-order valence-electron chi connectivity index (χ3n) is 2.84. The molecule has 0 radical (unpaired) electrons. The zero-order valence-electron chi connectivity index (χ0n) is 10.2. The third kappa shape index (κ3) is 3.64. The summed E-state index contributed by atoms with van der Waals surface area (Å²) in [4.78, 5) is 15.7. The number of carbonyl (C=O) groups is 1. The number of aromatic amines is 1. The van der Waals surface area contributed by atoms with Gasteiger partial charge in [0.15, 0.2) is 0 Å². The highest BCUT2D eigenvalue weighted by atomic mass is 16.2. The lowest BCUT2D eigenvalue weighted by atomic mass is 9.89. The molecule has 1 rings (SSSR count). The van der Waals surface area contributed by atoms with E-state index in [4.69, 9.17) is 0 Å². The maximum absolute atomic E-state index is 11.7. The Balaban J connectivity index is 2.18. The van der Waals surface area contributed by atoms with Crippen LogP contribution in [-0.4, -0.2) is 27.6 Å². The second-order valence-corrected chi connectivity index (χ2v) is 4.53. The molecule has 1 amide bonds. The zero-order valence-corrected chi connectivity index (χ0v) is 10.2. The van der Waals surface area contributed by atoms with E-state index >= 15 is 0 Å². The van der Waals surface area contributed by atoms with Crippen molar-refractivity contribution < 1.29 is 4.79 Å². The lowest BCUT2D eigenvalue weighted by Crippen LogP contribution is -2.37. The molecule has 0 aliphatic rings. The first kappa shape index (κ1) is 12.7. The van der Waals surface area contributed by atoms with Crippen molar-refractivity contribution in [3.05, 3.63) is 12.2 Å². The highest BCUT2D eigenvalue weighted by Crippen LogP contribution is 2.19. The topological polar surface area (TPSA) is 70.7 Å². The number of nitrogens with zero attached hydrogens (tertiary/aromatic N) is 2. The number of H-pyrrole nitrogens is 1. The Kier molecular flexibility index (Phi) is 4.46. The molecular weight excluding hydrogens is 204 g/mol. The summed E-state index contributed by atoms with van der Waals surface area (Å²) in [5, 5.41) is 9.49. The van der Waals surface area contributed by atoms with Crippen LogP contribution in [0.4, 0.5) is 0 Å². The molecule has 0 aliphatic carbocycles. The van der Waals surface area contributed by atoms with Gasteiger partial charge in [0, 0.05) is 18.4 Å². The maximum Gasteiger partial charge on any atom is 0.225 e. The van der Waals surface area contributed by atoms with E-state index in [1.165, 1.54) is 6.33 Å². The Bertz CT molecular complexity index is 319. The van der Waals surface area contributed by atoms with Crippen molar-refractivity contribution in [3.8, 4) is 0 Å². The summed E-state index contributed by atoms with van der Waals surface area (Å²) >= 11 is 0. The van der Waals surface area contributed by atoms with Crippen molar-refractivity contribution in [2.45, 2.75) is 40.0 Å². The van der Waals surface area contributed by atoms with Gasteiger partial charge in [-0.2, -0.15) is 5.10 Å². The quantitative estimate of drug-likeness (QED) is 0.715. The monoisotopic (exact) mass is 224 g/mol. The van der Waals surface area contributed by atoms with Gasteiger partial charge in [-0.25, -0.2) is 4.98 Å². The number of rotatable bonds is 6. The van der Waals surface area contributed by atoms with Gasteiger partial charge in [0.25, 0.3) is 0 Å². The average Bonchev–Trinajstić information content (AvgIpc) is 2.76. The number of aromatic nitrogens is 3. The molecule has 0 atom stereocenters. The van der Waals surface area contributed by atoms with Crippen LogP contribution in [-0.2, 0) is 11.2 Å². The van der Waals surface area contributed by atoms with Crippen LogP contribution in [0, 0.1) is 5.41 Å². The number of aryl methyl sites for hydroxylation is 1. The fraction of sp³-hybridized carbons (Fsp3) is 0.727. The molecule has 0 unspecified atom stereocenters. The molecule has 5 heteroatoms. The van der Waals surface area contributed by atoms with Crippen molar-refractivity contribution in [1.82, 2.24) is 20.5 Å². The molecule has 0 saturated carbocycles. The van der Waals surface area contributed by atoms with E-state index in [1.54, 1.807) is 0 Å². The largest absolute Gasteiger partial charge is 0.356 e. The first-order valence-corrected chi connectivity index (χ1v) is 5.69. The van der Waals surface area contributed by atoms with Crippen LogP contribution in [0.2, 0.25) is 0 Å². The predicted molar refractivity (Wildman–Crippen MR) is 61.8 cm³/mol. The first-order chi connectivity index (χ1) is 7.56. The molecular formula is C11H20N4O. The second kappa shape index (κ2) is 5.63. The number of carbonyl (C=O) groups excluding carboxylic acids is 1. The molecule has 0 spiro atoms. The minimum atomic E-state index is -0.272. The fourth-order valence-corrected chi connectivity index (χ4v) is 1.21. The van der Waals surface area contributed by atoms with Crippen LogP contribution in [0.5, 0.6) is 0 Å². The molecule has 90 valence electrons. The van der Waals surface area contributed by atoms with Crippen molar-refractivity contribution >= 4 is 5.91 Å². The van der Waals surface area contributed by atoms with Crippen molar-refractivity contribution in [3.63, 3.8) is 0 Å². The molecule has 0 aromatic carbocycles. The second-order valence-electron chi connectivity index (χ2n) is 4.53. The van der Waals surface area contributed by atoms with E-state index < -0.39 is 0 Å². The minimum absolute atomic E-state index is 0.118. The Labute approximate surface area is 96.0 Å². The molecule has 0 bridgehead atoms. The molecule has 0 saturated heterocycles. The van der Waals surface area contributed by atoms with Gasteiger partial charge < -0.3 is 5.32 Å². The van der Waals surface area contributed by atoms with Crippen LogP contribution in [0.3, 0.4) is 0 Å². The van der Waals surface area contributed by atoms with Gasteiger partial charge in [0.1, 0.15) is 12.2 Å². The van der Waals surface area contributed by atoms with E-state index in [0.29, 0.717) is 6.54 Å². The Morgan fingerprint density at radius 2 is 2.31 bits per heavy atom. The minimum Gasteiger partial charge on any atom is -0.356 e. The number of amides is 1. The third-order valence-corrected chi connectivity index (χ3v) is 2.84. The van der Waals surface area contributed by atoms with Crippen LogP contribution in [0.15, 0.2) is 6.33 Å². The Hall–Kier alpha value is -1.39. The predicted octanol–water partition coefficient (Wildman–Crippen LogP) is 1.29. The van der Waals surface area contributed by atoms with Gasteiger partial charge in [0.2, 0.25) is 5.91 Å². The van der Waals surface area contributed by atoms with Gasteiger partial charge in [-0.05, 0) is 12.8 Å². The SMILES string of the molecule is CCC(C)(C)C(=O)NCCCc1ncn[nH]1. The molecule has 2 N–H and O–H groups in total. The van der Waals surface area contributed by atoms with E-state index in [2.05, 4.69) is 20.5 Å².